The molecule has 4 saturated carbocycles. The predicted molar refractivity (Wildman–Crippen MR) is 222 cm³/mol. The normalized spacial score (nSPS) is 24.9. The van der Waals surface area contributed by atoms with Crippen molar-refractivity contribution in [2.24, 2.45) is 29.1 Å². The molecule has 0 aliphatic heterocycles. The summed E-state index contributed by atoms with van der Waals surface area (Å²) in [6, 6.07) is 36.3. The Morgan fingerprint density at radius 3 is 1.75 bits per heavy atom. The van der Waals surface area contributed by atoms with Crippen molar-refractivity contribution >= 4 is 3.21 Å². The predicted octanol–water partition coefficient (Wildman–Crippen LogP) is 13.4. The first-order valence-corrected chi connectivity index (χ1v) is 21.6. The van der Waals surface area contributed by atoms with Crippen molar-refractivity contribution in [1.82, 2.24) is 0 Å². The minimum absolute atomic E-state index is 0.167. The van der Waals surface area contributed by atoms with Crippen molar-refractivity contribution in [3.63, 3.8) is 0 Å². The summed E-state index contributed by atoms with van der Waals surface area (Å²) < 4.78 is 1.42. The molecular formula is C52H60Zr. The van der Waals surface area contributed by atoms with Crippen LogP contribution in [0.4, 0.5) is 0 Å². The molecular weight excluding hydrogens is 716 g/mol. The van der Waals surface area contributed by atoms with Crippen LogP contribution in [0.5, 0.6) is 0 Å². The molecule has 1 atom stereocenters. The average molecular weight is 776 g/mol. The monoisotopic (exact) mass is 774 g/mol. The van der Waals surface area contributed by atoms with Crippen LogP contribution in [0.2, 0.25) is 0 Å². The maximum absolute atomic E-state index is 3.67. The summed E-state index contributed by atoms with van der Waals surface area (Å²) in [6.07, 6.45) is 17.8. The van der Waals surface area contributed by atoms with Crippen molar-refractivity contribution in [1.29, 1.82) is 0 Å². The average Bonchev–Trinajstić information content (AvgIpc) is 3.64. The maximum atomic E-state index is 3.67. The van der Waals surface area contributed by atoms with E-state index < -0.39 is 0 Å². The zero-order chi connectivity index (χ0) is 37.5. The summed E-state index contributed by atoms with van der Waals surface area (Å²) in [5, 5.41) is 0. The van der Waals surface area contributed by atoms with Gasteiger partial charge in [-0.15, -0.1) is 11.1 Å². The van der Waals surface area contributed by atoms with Crippen LogP contribution >= 0.6 is 0 Å². The van der Waals surface area contributed by atoms with Crippen LogP contribution in [0, 0.1) is 41.2 Å². The second-order valence-electron chi connectivity index (χ2n) is 19.3. The van der Waals surface area contributed by atoms with E-state index in [1.54, 1.807) is 44.1 Å². The molecule has 0 heterocycles. The second-order valence-corrected chi connectivity index (χ2v) is 20.5. The van der Waals surface area contributed by atoms with Crippen LogP contribution < -0.4 is 0 Å². The van der Waals surface area contributed by atoms with E-state index in [1.165, 1.54) is 83.9 Å². The van der Waals surface area contributed by atoms with Gasteiger partial charge in [0.15, 0.2) is 0 Å². The van der Waals surface area contributed by atoms with E-state index in [9.17, 15) is 0 Å². The van der Waals surface area contributed by atoms with E-state index in [2.05, 4.69) is 165 Å². The summed E-state index contributed by atoms with van der Waals surface area (Å²) in [5.41, 5.74) is 15.2. The number of hydrogen-bond acceptors (Lipinski definition) is 0. The van der Waals surface area contributed by atoms with E-state index in [0.717, 1.165) is 24.2 Å². The van der Waals surface area contributed by atoms with Gasteiger partial charge >= 0.3 is 99.2 Å². The number of hydrogen-bond donors (Lipinski definition) is 0. The van der Waals surface area contributed by atoms with Crippen LogP contribution in [0.25, 0.3) is 11.1 Å². The summed E-state index contributed by atoms with van der Waals surface area (Å²) in [6.45, 7) is 18.1. The molecule has 4 fully saturated rings. The Kier molecular flexibility index (Phi) is 11.1. The zero-order valence-corrected chi connectivity index (χ0v) is 36.2. The molecule has 6 aliphatic rings. The van der Waals surface area contributed by atoms with Crippen LogP contribution in [-0.2, 0) is 41.5 Å². The fraction of sp³-hybridized carbons (Fsp3) is 0.442. The summed E-state index contributed by atoms with van der Waals surface area (Å²) in [4.78, 5) is 0. The Balaban J connectivity index is 0.000000126. The minimum atomic E-state index is 0.167. The van der Waals surface area contributed by atoms with Gasteiger partial charge in [-0.2, -0.15) is 35.4 Å². The molecule has 53 heavy (non-hydrogen) atoms. The van der Waals surface area contributed by atoms with Gasteiger partial charge in [-0.25, -0.2) is 5.57 Å². The first kappa shape index (κ1) is 38.4. The summed E-state index contributed by atoms with van der Waals surface area (Å²) >= 11 is 1.46. The fourth-order valence-electron chi connectivity index (χ4n) is 10.4. The van der Waals surface area contributed by atoms with E-state index in [-0.39, 0.29) is 10.8 Å². The zero-order valence-electron chi connectivity index (χ0n) is 33.7. The summed E-state index contributed by atoms with van der Waals surface area (Å²) in [7, 11) is 0. The van der Waals surface area contributed by atoms with Gasteiger partial charge in [0.2, 0.25) is 0 Å². The van der Waals surface area contributed by atoms with Crippen molar-refractivity contribution in [2.45, 2.75) is 118 Å². The molecule has 1 heteroatoms. The second kappa shape index (κ2) is 15.3. The van der Waals surface area contributed by atoms with Gasteiger partial charge in [-0.1, -0.05) is 91.5 Å². The van der Waals surface area contributed by atoms with Crippen LogP contribution in [0.3, 0.4) is 0 Å². The number of benzene rings is 4. The molecule has 0 aromatic heterocycles. The van der Waals surface area contributed by atoms with E-state index in [1.807, 2.05) is 0 Å². The molecule has 0 nitrogen and oxygen atoms in total. The van der Waals surface area contributed by atoms with Gasteiger partial charge in [-0.05, 0) is 90.1 Å². The van der Waals surface area contributed by atoms with Gasteiger partial charge in [0.05, 0.1) is 0 Å². The van der Waals surface area contributed by atoms with Gasteiger partial charge < -0.3 is 0 Å². The molecule has 0 N–H and O–H groups in total. The number of fused-ring (bicyclic) bond motifs is 3. The van der Waals surface area contributed by atoms with Crippen molar-refractivity contribution in [3.05, 3.63) is 154 Å². The molecule has 1 unspecified atom stereocenters. The molecule has 6 aliphatic carbocycles. The van der Waals surface area contributed by atoms with E-state index >= 15 is 0 Å². The molecule has 4 aromatic carbocycles. The van der Waals surface area contributed by atoms with Crippen molar-refractivity contribution in [3.8, 4) is 11.1 Å². The Morgan fingerprint density at radius 1 is 0.717 bits per heavy atom. The molecule has 0 spiro atoms. The Hall–Kier alpha value is -2.89. The van der Waals surface area contributed by atoms with Crippen LogP contribution in [0.15, 0.2) is 108 Å². The van der Waals surface area contributed by atoms with Crippen LogP contribution in [-0.4, -0.2) is 3.21 Å². The third-order valence-electron chi connectivity index (χ3n) is 12.7. The van der Waals surface area contributed by atoms with Gasteiger partial charge in [0, 0.05) is 0 Å². The topological polar surface area (TPSA) is 0 Å². The molecule has 0 radical (unpaired) electrons. The molecule has 0 saturated heterocycles. The summed E-state index contributed by atoms with van der Waals surface area (Å²) in [5.74, 6) is 3.82. The Morgan fingerprint density at radius 2 is 1.26 bits per heavy atom. The van der Waals surface area contributed by atoms with E-state index in [0.29, 0.717) is 11.3 Å². The third-order valence-corrected chi connectivity index (χ3v) is 14.1. The molecule has 4 bridgehead atoms. The van der Waals surface area contributed by atoms with Gasteiger partial charge in [0.25, 0.3) is 0 Å². The van der Waals surface area contributed by atoms with Crippen molar-refractivity contribution in [2.75, 3.05) is 0 Å². The third kappa shape index (κ3) is 8.83. The van der Waals surface area contributed by atoms with Gasteiger partial charge in [-0.3, -0.25) is 6.08 Å². The van der Waals surface area contributed by atoms with Crippen LogP contribution in [0.1, 0.15) is 134 Å². The SMILES string of the molecule is CC(C)(C)c1[c-]c2c(cc1)-c1ccc(C(C)(C)C)cc1C2.CC1=[C-]C(C)C=C1CC12CC3CC(CC(C3)C1)C2.[Zr+2]=[C](c1ccccc1)c1ccccc1. The Bertz CT molecular complexity index is 1850. The quantitative estimate of drug-likeness (QED) is 0.160. The first-order valence-electron chi connectivity index (χ1n) is 20.4. The van der Waals surface area contributed by atoms with Crippen molar-refractivity contribution < 1.29 is 24.2 Å². The first-order chi connectivity index (χ1) is 25.2. The van der Waals surface area contributed by atoms with E-state index in [4.69, 9.17) is 0 Å². The Labute approximate surface area is 336 Å². The molecule has 4 aromatic rings. The standard InChI is InChI=1S/C21H25.C18H25.C13H10.Zr/c1-20(2,3)16-7-9-18-14(12-16)11-15-13-17(21(4,5)6)8-10-19(15)18;1-12-3-13(2)17(4-12)11-18-8-14-5-15(9-18)7-16(6-14)10-18;1-3-7-12(8-4-1)11-13-9-5-2-6-10-13;/h7-10,12H,11H2,1-6H3;4,12,14-16H,5-11H2,1-2H3;1-10H;/q2*-1;;+2. The number of allylic oxidation sites excluding steroid dienone is 4. The molecule has 0 amide bonds. The molecule has 272 valence electrons. The van der Waals surface area contributed by atoms with Gasteiger partial charge in [0.1, 0.15) is 0 Å². The fourth-order valence-corrected chi connectivity index (χ4v) is 11.2. The molecule has 10 rings (SSSR count). The number of rotatable bonds is 4.